The van der Waals surface area contributed by atoms with Gasteiger partial charge < -0.3 is 14.2 Å². The van der Waals surface area contributed by atoms with Crippen molar-refractivity contribution in [2.24, 2.45) is 0 Å². The van der Waals surface area contributed by atoms with Crippen molar-refractivity contribution in [3.63, 3.8) is 0 Å². The van der Waals surface area contributed by atoms with Gasteiger partial charge in [-0.1, -0.05) is 11.3 Å². The first-order valence-electron chi connectivity index (χ1n) is 9.43. The van der Waals surface area contributed by atoms with Crippen LogP contribution in [0.2, 0.25) is 0 Å². The lowest BCUT2D eigenvalue weighted by Crippen LogP contribution is -2.43. The molecule has 0 saturated heterocycles. The van der Waals surface area contributed by atoms with Gasteiger partial charge in [0, 0.05) is 12.1 Å². The van der Waals surface area contributed by atoms with Crippen LogP contribution in [0.25, 0.3) is 10.2 Å². The number of ether oxygens (including phenoxy) is 3. The van der Waals surface area contributed by atoms with Crippen molar-refractivity contribution < 1.29 is 33.5 Å². The molecule has 12 heteroatoms. The smallest absolute Gasteiger partial charge is 0.340 e. The third-order valence-corrected chi connectivity index (χ3v) is 5.30. The predicted octanol–water partition coefficient (Wildman–Crippen LogP) is 2.34. The Morgan fingerprint density at radius 3 is 2.52 bits per heavy atom. The topological polar surface area (TPSA) is 138 Å². The van der Waals surface area contributed by atoms with E-state index in [9.17, 15) is 24.5 Å². The van der Waals surface area contributed by atoms with E-state index < -0.39 is 28.8 Å². The van der Waals surface area contributed by atoms with Crippen LogP contribution in [0.4, 0.5) is 10.8 Å². The number of nitrogens with zero attached hydrogens (tertiary/aromatic N) is 3. The van der Waals surface area contributed by atoms with Gasteiger partial charge >= 0.3 is 11.9 Å². The van der Waals surface area contributed by atoms with Crippen LogP contribution in [-0.2, 0) is 28.6 Å². The summed E-state index contributed by atoms with van der Waals surface area (Å²) in [5.74, 6) is -2.80. The molecule has 2 aromatic rings. The summed E-state index contributed by atoms with van der Waals surface area (Å²) in [6.45, 7) is 4.92. The molecular weight excluding hydrogens is 430 g/mol. The number of thiazole rings is 1. The highest BCUT2D eigenvalue weighted by Gasteiger charge is 2.51. The molecule has 0 fully saturated rings. The number of benzene rings is 1. The van der Waals surface area contributed by atoms with Gasteiger partial charge in [0.1, 0.15) is 5.57 Å². The number of nitro benzene ring substituents is 1. The number of hydrogen-bond acceptors (Lipinski definition) is 10. The molecule has 0 saturated carbocycles. The van der Waals surface area contributed by atoms with E-state index in [1.54, 1.807) is 20.8 Å². The van der Waals surface area contributed by atoms with E-state index in [-0.39, 0.29) is 47.5 Å². The second kappa shape index (κ2) is 9.08. The minimum Gasteiger partial charge on any atom is -0.488 e. The van der Waals surface area contributed by atoms with Crippen LogP contribution in [0.1, 0.15) is 20.8 Å². The van der Waals surface area contributed by atoms with Crippen molar-refractivity contribution in [2.75, 3.05) is 24.7 Å². The molecule has 1 atom stereocenters. The minimum absolute atomic E-state index is 0.0173. The number of anilines is 1. The zero-order chi connectivity index (χ0) is 22.7. The SMILES string of the molecule is CCOC(=O)C1=C(OCC)C(=O)N(c2nc3cc([N+](=O)[O-])ccc3s2)C1C(=O)OCC. The summed E-state index contributed by atoms with van der Waals surface area (Å²) in [5.41, 5.74) is -0.163. The largest absolute Gasteiger partial charge is 0.488 e. The van der Waals surface area contributed by atoms with E-state index in [1.807, 2.05) is 0 Å². The number of rotatable bonds is 8. The first-order valence-corrected chi connectivity index (χ1v) is 10.2. The number of carbonyl (C=O) groups is 3. The maximum absolute atomic E-state index is 13.2. The van der Waals surface area contributed by atoms with Crippen LogP contribution >= 0.6 is 11.3 Å². The molecule has 1 aromatic heterocycles. The van der Waals surface area contributed by atoms with Crippen molar-refractivity contribution in [1.29, 1.82) is 0 Å². The Hall–Kier alpha value is -3.54. The molecule has 1 unspecified atom stereocenters. The molecule has 2 heterocycles. The Labute approximate surface area is 180 Å². The maximum Gasteiger partial charge on any atom is 0.340 e. The van der Waals surface area contributed by atoms with Crippen LogP contribution < -0.4 is 4.90 Å². The number of hydrogen-bond donors (Lipinski definition) is 0. The Kier molecular flexibility index (Phi) is 6.49. The maximum atomic E-state index is 13.2. The standard InChI is InChI=1S/C19H19N3O8S/c1-4-28-15-13(17(24)29-5-2)14(18(25)30-6-3)21(16(15)23)19-20-11-9-10(22(26)27)7-8-12(11)31-19/h7-9,14H,4-6H2,1-3H3. The highest BCUT2D eigenvalue weighted by Crippen LogP contribution is 2.38. The molecule has 1 aliphatic heterocycles. The van der Waals surface area contributed by atoms with Gasteiger partial charge in [-0.3, -0.25) is 19.8 Å². The number of nitro groups is 1. The van der Waals surface area contributed by atoms with Gasteiger partial charge in [0.25, 0.3) is 11.6 Å². The molecule has 1 aromatic carbocycles. The Morgan fingerprint density at radius 2 is 1.90 bits per heavy atom. The number of aromatic nitrogens is 1. The predicted molar refractivity (Wildman–Crippen MR) is 109 cm³/mol. The summed E-state index contributed by atoms with van der Waals surface area (Å²) in [6.07, 6.45) is 0. The van der Waals surface area contributed by atoms with E-state index in [1.165, 1.54) is 18.2 Å². The van der Waals surface area contributed by atoms with Crippen molar-refractivity contribution in [3.05, 3.63) is 39.6 Å². The van der Waals surface area contributed by atoms with E-state index in [0.29, 0.717) is 4.70 Å². The lowest BCUT2D eigenvalue weighted by Gasteiger charge is -2.21. The fourth-order valence-electron chi connectivity index (χ4n) is 3.05. The zero-order valence-electron chi connectivity index (χ0n) is 16.9. The molecule has 0 N–H and O–H groups in total. The lowest BCUT2D eigenvalue weighted by molar-refractivity contribution is -0.384. The van der Waals surface area contributed by atoms with Gasteiger partial charge in [0.2, 0.25) is 0 Å². The minimum atomic E-state index is -1.46. The van der Waals surface area contributed by atoms with Gasteiger partial charge in [-0.2, -0.15) is 0 Å². The van der Waals surface area contributed by atoms with Crippen LogP contribution in [0.15, 0.2) is 29.5 Å². The quantitative estimate of drug-likeness (QED) is 0.337. The molecule has 11 nitrogen and oxygen atoms in total. The first kappa shape index (κ1) is 22.2. The molecule has 164 valence electrons. The van der Waals surface area contributed by atoms with E-state index in [4.69, 9.17) is 14.2 Å². The van der Waals surface area contributed by atoms with Crippen LogP contribution in [0, 0.1) is 10.1 Å². The third-order valence-electron chi connectivity index (χ3n) is 4.26. The van der Waals surface area contributed by atoms with E-state index >= 15 is 0 Å². The fourth-order valence-corrected chi connectivity index (χ4v) is 4.03. The molecule has 1 amide bonds. The summed E-state index contributed by atoms with van der Waals surface area (Å²) in [6, 6.07) is 2.62. The monoisotopic (exact) mass is 449 g/mol. The van der Waals surface area contributed by atoms with Gasteiger partial charge in [-0.05, 0) is 26.8 Å². The normalized spacial score (nSPS) is 16.0. The Bertz CT molecular complexity index is 1090. The number of carbonyl (C=O) groups excluding carboxylic acids is 3. The van der Waals surface area contributed by atoms with Crippen molar-refractivity contribution in [3.8, 4) is 0 Å². The fraction of sp³-hybridized carbons (Fsp3) is 0.368. The number of esters is 2. The summed E-state index contributed by atoms with van der Waals surface area (Å²) in [4.78, 5) is 54.4. The van der Waals surface area contributed by atoms with Crippen LogP contribution in [0.3, 0.4) is 0 Å². The van der Waals surface area contributed by atoms with Crippen molar-refractivity contribution >= 4 is 50.2 Å². The number of non-ortho nitro benzene ring substituents is 1. The molecule has 3 rings (SSSR count). The van der Waals surface area contributed by atoms with Gasteiger partial charge in [-0.25, -0.2) is 14.6 Å². The van der Waals surface area contributed by atoms with Gasteiger partial charge in [0.15, 0.2) is 16.9 Å². The van der Waals surface area contributed by atoms with Gasteiger partial charge in [0.05, 0.1) is 35.0 Å². The summed E-state index contributed by atoms with van der Waals surface area (Å²) in [5, 5.41) is 11.1. The van der Waals surface area contributed by atoms with Gasteiger partial charge in [-0.15, -0.1) is 0 Å². The van der Waals surface area contributed by atoms with E-state index in [0.717, 1.165) is 16.2 Å². The summed E-state index contributed by atoms with van der Waals surface area (Å²) < 4.78 is 16.1. The van der Waals surface area contributed by atoms with Crippen LogP contribution in [-0.4, -0.2) is 53.6 Å². The molecule has 0 spiro atoms. The molecular formula is C19H19N3O8S. The first-order chi connectivity index (χ1) is 14.8. The average molecular weight is 449 g/mol. The second-order valence-corrected chi connectivity index (χ2v) is 7.14. The lowest BCUT2D eigenvalue weighted by atomic mass is 10.1. The molecule has 0 radical (unpaired) electrons. The zero-order valence-corrected chi connectivity index (χ0v) is 17.8. The van der Waals surface area contributed by atoms with E-state index in [2.05, 4.69) is 4.98 Å². The number of fused-ring (bicyclic) bond motifs is 1. The molecule has 0 bridgehead atoms. The highest BCUT2D eigenvalue weighted by molar-refractivity contribution is 7.22. The Balaban J connectivity index is 2.14. The Morgan fingerprint density at radius 1 is 1.19 bits per heavy atom. The number of amides is 1. The highest BCUT2D eigenvalue weighted by atomic mass is 32.1. The average Bonchev–Trinajstić information content (AvgIpc) is 3.27. The third kappa shape index (κ3) is 4.06. The van der Waals surface area contributed by atoms with Crippen molar-refractivity contribution in [1.82, 2.24) is 4.98 Å². The molecule has 1 aliphatic rings. The molecule has 0 aliphatic carbocycles. The summed E-state index contributed by atoms with van der Waals surface area (Å²) >= 11 is 1.03. The van der Waals surface area contributed by atoms with Crippen LogP contribution in [0.5, 0.6) is 0 Å². The molecule has 31 heavy (non-hydrogen) atoms. The van der Waals surface area contributed by atoms with Crippen molar-refractivity contribution in [2.45, 2.75) is 26.8 Å². The summed E-state index contributed by atoms with van der Waals surface area (Å²) in [7, 11) is 0. The second-order valence-electron chi connectivity index (χ2n) is 6.13.